The van der Waals surface area contributed by atoms with E-state index in [-0.39, 0.29) is 31.4 Å². The molecule has 2 saturated carbocycles. The van der Waals surface area contributed by atoms with Gasteiger partial charge in [0.2, 0.25) is 22.8 Å². The Bertz CT molecular complexity index is 2240. The predicted molar refractivity (Wildman–Crippen MR) is 204 cm³/mol. The molecule has 0 bridgehead atoms. The molecule has 3 fully saturated rings. The topological polar surface area (TPSA) is 199 Å². The lowest BCUT2D eigenvalue weighted by molar-refractivity contribution is -0.141. The minimum absolute atomic E-state index is 0.0120. The lowest BCUT2D eigenvalue weighted by Gasteiger charge is -2.30. The van der Waals surface area contributed by atoms with Crippen molar-refractivity contribution in [2.24, 2.45) is 5.92 Å². The fourth-order valence-electron chi connectivity index (χ4n) is 7.46. The normalized spacial score (nSPS) is 26.4. The number of sulfonamides is 1. The van der Waals surface area contributed by atoms with Gasteiger partial charge in [0.1, 0.15) is 35.5 Å². The summed E-state index contributed by atoms with van der Waals surface area (Å²) in [4.78, 5) is 67.8. The molecule has 5 atom stereocenters. The second-order valence-corrected chi connectivity index (χ2v) is 17.2. The molecule has 3 aromatic heterocycles. The van der Waals surface area contributed by atoms with Crippen LogP contribution in [-0.2, 0) is 29.1 Å². The second kappa shape index (κ2) is 15.7. The van der Waals surface area contributed by atoms with Gasteiger partial charge in [0, 0.05) is 12.3 Å². The number of amides is 4. The van der Waals surface area contributed by atoms with Gasteiger partial charge in [-0.15, -0.1) is 11.3 Å². The summed E-state index contributed by atoms with van der Waals surface area (Å²) >= 11 is 1.47. The van der Waals surface area contributed by atoms with Crippen molar-refractivity contribution in [3.8, 4) is 16.5 Å². The molecule has 3 N–H and O–H groups in total. The molecule has 4 aliphatic rings. The zero-order valence-electron chi connectivity index (χ0n) is 30.4. The van der Waals surface area contributed by atoms with Crippen LogP contribution in [0.25, 0.3) is 21.6 Å². The molecule has 1 saturated heterocycles. The van der Waals surface area contributed by atoms with Crippen LogP contribution < -0.4 is 20.1 Å². The van der Waals surface area contributed by atoms with Crippen LogP contribution in [0.1, 0.15) is 64.2 Å². The molecule has 56 heavy (non-hydrogen) atoms. The molecule has 0 spiro atoms. The van der Waals surface area contributed by atoms with E-state index < -0.39 is 68.6 Å². The molecule has 4 amide bonds. The Balaban J connectivity index is 1.11. The zero-order chi connectivity index (χ0) is 38.9. The Morgan fingerprint density at radius 2 is 1.79 bits per heavy atom. The van der Waals surface area contributed by atoms with Crippen LogP contribution in [0.3, 0.4) is 0 Å². The smallest absolute Gasteiger partial charge is 0.408 e. The number of hydrogen-bond donors (Lipinski definition) is 3. The summed E-state index contributed by atoms with van der Waals surface area (Å²) in [5.41, 5.74) is 0.175. The Morgan fingerprint density at radius 3 is 2.52 bits per heavy atom. The fraction of sp³-hybridized carbons (Fsp3) is 0.436. The van der Waals surface area contributed by atoms with Crippen molar-refractivity contribution < 1.29 is 41.5 Å². The molecule has 17 heteroatoms. The first-order valence-corrected chi connectivity index (χ1v) is 21.3. The first-order valence-electron chi connectivity index (χ1n) is 18.9. The standard InChI is InChI=1S/C39H42N6O9S2/c46-34-30-21-26(53-35-33(31-17-10-20-55-31)40-27-14-6-7-15-28(27)41-35)23-45(30)36(47)29(42-38(49)54-25-12-8-13-25)16-5-3-1-2-4-11-24-22-39(24,43-34)37(48)44-56(50,51)32-18-9-19-52-32/h4,6-7,9-11,14-15,17-20,24-26,29-30H,1-3,5,8,12-13,16,21-23H2,(H,42,49)(H,43,46)(H,44,48)/b11-4+/t24?,26-,29-,30+,39-/m1/s1. The lowest BCUT2D eigenvalue weighted by atomic mass is 9.96. The number of rotatable bonds is 8. The highest BCUT2D eigenvalue weighted by atomic mass is 32.2. The number of hydrogen-bond acceptors (Lipinski definition) is 12. The second-order valence-electron chi connectivity index (χ2n) is 14.7. The number of nitrogens with zero attached hydrogens (tertiary/aromatic N) is 3. The first kappa shape index (κ1) is 37.6. The summed E-state index contributed by atoms with van der Waals surface area (Å²) in [7, 11) is -4.38. The predicted octanol–water partition coefficient (Wildman–Crippen LogP) is 4.85. The largest absolute Gasteiger partial charge is 0.471 e. The number of allylic oxidation sites excluding steroid dienone is 1. The number of aromatic nitrogens is 2. The van der Waals surface area contributed by atoms with Gasteiger partial charge >= 0.3 is 6.09 Å². The van der Waals surface area contributed by atoms with E-state index in [1.807, 2.05) is 53.9 Å². The SMILES string of the molecule is O=C(N[C@@H]1CCCCC/C=C/C2C[C@@]2(C(=O)NS(=O)(=O)c2ccco2)NC(=O)[C@@H]2C[C@@H](Oc3nc4ccccc4nc3-c3cccs3)CN2C1=O)OC1CCC1. The van der Waals surface area contributed by atoms with Crippen molar-refractivity contribution >= 4 is 56.2 Å². The minimum atomic E-state index is -4.38. The van der Waals surface area contributed by atoms with Gasteiger partial charge < -0.3 is 29.4 Å². The molecule has 1 aromatic carbocycles. The van der Waals surface area contributed by atoms with Crippen LogP contribution in [0.2, 0.25) is 0 Å². The molecule has 0 radical (unpaired) electrons. The Morgan fingerprint density at radius 1 is 0.964 bits per heavy atom. The quantitative estimate of drug-likeness (QED) is 0.206. The highest BCUT2D eigenvalue weighted by Crippen LogP contribution is 2.46. The molecular formula is C39H42N6O9S2. The zero-order valence-corrected chi connectivity index (χ0v) is 32.1. The maximum atomic E-state index is 14.6. The number of benzene rings is 1. The first-order chi connectivity index (χ1) is 27.1. The maximum absolute atomic E-state index is 14.6. The highest BCUT2D eigenvalue weighted by molar-refractivity contribution is 7.89. The third-order valence-electron chi connectivity index (χ3n) is 10.8. The average Bonchev–Trinajstić information content (AvgIpc) is 3.70. The number of fused-ring (bicyclic) bond motifs is 3. The van der Waals surface area contributed by atoms with Crippen molar-refractivity contribution in [1.29, 1.82) is 0 Å². The number of para-hydroxylation sites is 2. The van der Waals surface area contributed by atoms with E-state index in [0.717, 1.165) is 37.0 Å². The number of carbonyl (C=O) groups is 4. The lowest BCUT2D eigenvalue weighted by Crippen LogP contribution is -2.58. The Hall–Kier alpha value is -5.29. The molecule has 15 nitrogen and oxygen atoms in total. The van der Waals surface area contributed by atoms with Crippen molar-refractivity contribution in [3.63, 3.8) is 0 Å². The van der Waals surface area contributed by atoms with E-state index in [4.69, 9.17) is 23.9 Å². The summed E-state index contributed by atoms with van der Waals surface area (Å²) in [6.45, 7) is -0.0411. The van der Waals surface area contributed by atoms with Gasteiger partial charge in [0.15, 0.2) is 0 Å². The van der Waals surface area contributed by atoms with Gasteiger partial charge in [-0.1, -0.05) is 43.2 Å². The van der Waals surface area contributed by atoms with Crippen molar-refractivity contribution in [3.05, 3.63) is 72.3 Å². The van der Waals surface area contributed by atoms with E-state index in [9.17, 15) is 27.6 Å². The monoisotopic (exact) mass is 802 g/mol. The highest BCUT2D eigenvalue weighted by Gasteiger charge is 2.62. The summed E-state index contributed by atoms with van der Waals surface area (Å²) < 4.78 is 45.4. The number of carbonyl (C=O) groups excluding carboxylic acids is 4. The van der Waals surface area contributed by atoms with Gasteiger partial charge in [-0.3, -0.25) is 14.4 Å². The van der Waals surface area contributed by atoms with Gasteiger partial charge in [0.25, 0.3) is 15.9 Å². The number of ether oxygens (including phenoxy) is 2. The van der Waals surface area contributed by atoms with Gasteiger partial charge in [-0.05, 0) is 80.7 Å². The fourth-order valence-corrected chi connectivity index (χ4v) is 9.13. The molecule has 1 unspecified atom stereocenters. The van der Waals surface area contributed by atoms with Crippen molar-refractivity contribution in [1.82, 2.24) is 30.2 Å². The van der Waals surface area contributed by atoms with Crippen LogP contribution in [0, 0.1) is 5.92 Å². The van der Waals surface area contributed by atoms with E-state index in [1.165, 1.54) is 34.6 Å². The average molecular weight is 803 g/mol. The summed E-state index contributed by atoms with van der Waals surface area (Å²) in [5, 5.41) is 7.10. The Labute approximate surface area is 327 Å². The molecule has 2 aliphatic heterocycles. The van der Waals surface area contributed by atoms with Crippen LogP contribution in [0.15, 0.2) is 81.8 Å². The van der Waals surface area contributed by atoms with Crippen LogP contribution >= 0.6 is 11.3 Å². The molecule has 8 rings (SSSR count). The van der Waals surface area contributed by atoms with E-state index in [1.54, 1.807) is 0 Å². The van der Waals surface area contributed by atoms with E-state index in [2.05, 4.69) is 15.4 Å². The molecule has 5 heterocycles. The van der Waals surface area contributed by atoms with Crippen molar-refractivity contribution in [2.45, 2.75) is 99.1 Å². The van der Waals surface area contributed by atoms with E-state index >= 15 is 0 Å². The summed E-state index contributed by atoms with van der Waals surface area (Å²) in [6, 6.07) is 11.6. The molecule has 4 aromatic rings. The third-order valence-corrected chi connectivity index (χ3v) is 12.9. The maximum Gasteiger partial charge on any atom is 0.408 e. The van der Waals surface area contributed by atoms with Gasteiger partial charge in [0.05, 0.1) is 28.7 Å². The third kappa shape index (κ3) is 7.87. The van der Waals surface area contributed by atoms with Crippen LogP contribution in [-0.4, -0.2) is 83.5 Å². The van der Waals surface area contributed by atoms with E-state index in [0.29, 0.717) is 36.0 Å². The van der Waals surface area contributed by atoms with Crippen LogP contribution in [0.4, 0.5) is 4.79 Å². The Kier molecular flexibility index (Phi) is 10.5. The van der Waals surface area contributed by atoms with Gasteiger partial charge in [-0.2, -0.15) is 8.42 Å². The number of alkyl carbamates (subject to hydrolysis) is 1. The van der Waals surface area contributed by atoms with Gasteiger partial charge in [-0.25, -0.2) is 19.5 Å². The number of nitrogens with one attached hydrogen (secondary N) is 3. The van der Waals surface area contributed by atoms with Crippen LogP contribution in [0.5, 0.6) is 5.88 Å². The minimum Gasteiger partial charge on any atom is -0.471 e. The molecular weight excluding hydrogens is 761 g/mol. The number of thiophene rings is 1. The summed E-state index contributed by atoms with van der Waals surface area (Å²) in [6.07, 6.45) is 9.06. The molecule has 294 valence electrons. The van der Waals surface area contributed by atoms with Crippen molar-refractivity contribution in [2.75, 3.05) is 6.54 Å². The summed E-state index contributed by atoms with van der Waals surface area (Å²) in [5.74, 6) is -2.35. The number of furan rings is 1. The molecule has 2 aliphatic carbocycles.